The van der Waals surface area contributed by atoms with Gasteiger partial charge < -0.3 is 10.4 Å². The second-order valence-electron chi connectivity index (χ2n) is 3.95. The first-order valence-electron chi connectivity index (χ1n) is 5.77. The van der Waals surface area contributed by atoms with Gasteiger partial charge in [0.2, 0.25) is 15.9 Å². The van der Waals surface area contributed by atoms with Gasteiger partial charge in [-0.25, -0.2) is 13.1 Å². The summed E-state index contributed by atoms with van der Waals surface area (Å²) in [5, 5.41) is 11.6. The highest BCUT2D eigenvalue weighted by Crippen LogP contribution is 2.03. The summed E-state index contributed by atoms with van der Waals surface area (Å²) >= 11 is 1.54. The van der Waals surface area contributed by atoms with Gasteiger partial charge in [-0.05, 0) is 32.3 Å². The lowest BCUT2D eigenvalue weighted by Gasteiger charge is -2.18. The Hall–Kier alpha value is -0.310. The molecule has 1 unspecified atom stereocenters. The monoisotopic (exact) mass is 298 g/mol. The molecule has 2 atom stereocenters. The van der Waals surface area contributed by atoms with Crippen molar-refractivity contribution in [3.8, 4) is 0 Å². The van der Waals surface area contributed by atoms with E-state index in [0.717, 1.165) is 0 Å². The summed E-state index contributed by atoms with van der Waals surface area (Å²) in [5.74, 6) is 0.216. The molecular weight excluding hydrogens is 276 g/mol. The van der Waals surface area contributed by atoms with Crippen LogP contribution in [0.4, 0.5) is 0 Å². The van der Waals surface area contributed by atoms with Crippen LogP contribution in [0.5, 0.6) is 0 Å². The zero-order chi connectivity index (χ0) is 14.2. The van der Waals surface area contributed by atoms with Crippen LogP contribution in [0, 0.1) is 0 Å². The van der Waals surface area contributed by atoms with Crippen LogP contribution < -0.4 is 10.0 Å². The summed E-state index contributed by atoms with van der Waals surface area (Å²) in [7, 11) is -3.42. The standard InChI is InChI=1S/C10H22N2O4S2/c1-4-18(15,16)12-9(5-6-17-3)10(14)11-7-8(2)13/h8-9,12-13H,4-7H2,1-3H3,(H,11,14)/t8-,9?/m0/s1. The SMILES string of the molecule is CCS(=O)(=O)NC(CCSC)C(=O)NC[C@H](C)O. The molecule has 1 amide bonds. The molecule has 0 aromatic rings. The molecule has 108 valence electrons. The molecule has 0 bridgehead atoms. The predicted octanol–water partition coefficient (Wildman–Crippen LogP) is -0.456. The molecule has 6 nitrogen and oxygen atoms in total. The van der Waals surface area contributed by atoms with E-state index in [4.69, 9.17) is 5.11 Å². The minimum absolute atomic E-state index is 0.0630. The Balaban J connectivity index is 4.51. The van der Waals surface area contributed by atoms with Crippen LogP contribution >= 0.6 is 11.8 Å². The third-order valence-corrected chi connectivity index (χ3v) is 4.25. The number of carbonyl (C=O) groups excluding carboxylic acids is 1. The van der Waals surface area contributed by atoms with Crippen molar-refractivity contribution in [2.24, 2.45) is 0 Å². The Morgan fingerprint density at radius 3 is 2.50 bits per heavy atom. The first-order valence-corrected chi connectivity index (χ1v) is 8.81. The number of aliphatic hydroxyl groups is 1. The topological polar surface area (TPSA) is 95.5 Å². The molecule has 0 fully saturated rings. The quantitative estimate of drug-likeness (QED) is 0.535. The number of rotatable bonds is 9. The summed E-state index contributed by atoms with van der Waals surface area (Å²) in [4.78, 5) is 11.8. The van der Waals surface area contributed by atoms with Crippen LogP contribution in [0.2, 0.25) is 0 Å². The Bertz CT molecular complexity index is 344. The highest BCUT2D eigenvalue weighted by Gasteiger charge is 2.22. The smallest absolute Gasteiger partial charge is 0.238 e. The maximum Gasteiger partial charge on any atom is 0.238 e. The van der Waals surface area contributed by atoms with Crippen molar-refractivity contribution < 1.29 is 18.3 Å². The fourth-order valence-electron chi connectivity index (χ4n) is 1.15. The van der Waals surface area contributed by atoms with E-state index in [1.54, 1.807) is 18.7 Å². The number of hydrogen-bond donors (Lipinski definition) is 3. The predicted molar refractivity (Wildman–Crippen MR) is 74.1 cm³/mol. The maximum absolute atomic E-state index is 11.8. The third-order valence-electron chi connectivity index (χ3n) is 2.20. The first-order chi connectivity index (χ1) is 8.32. The number of nitrogens with one attached hydrogen (secondary N) is 2. The van der Waals surface area contributed by atoms with Gasteiger partial charge >= 0.3 is 0 Å². The zero-order valence-electron chi connectivity index (χ0n) is 11.0. The summed E-state index contributed by atoms with van der Waals surface area (Å²) in [5.41, 5.74) is 0. The minimum Gasteiger partial charge on any atom is -0.392 e. The van der Waals surface area contributed by atoms with Gasteiger partial charge in [0, 0.05) is 6.54 Å². The van der Waals surface area contributed by atoms with E-state index in [1.165, 1.54) is 6.92 Å². The molecule has 0 aliphatic carbocycles. The summed E-state index contributed by atoms with van der Waals surface area (Å²) in [6.07, 6.45) is 1.66. The van der Waals surface area contributed by atoms with Gasteiger partial charge in [0.15, 0.2) is 0 Å². The first kappa shape index (κ1) is 17.7. The van der Waals surface area contributed by atoms with Crippen molar-refractivity contribution in [3.63, 3.8) is 0 Å². The number of hydrogen-bond acceptors (Lipinski definition) is 5. The molecule has 3 N–H and O–H groups in total. The van der Waals surface area contributed by atoms with Gasteiger partial charge in [-0.1, -0.05) is 0 Å². The highest BCUT2D eigenvalue weighted by atomic mass is 32.2. The third kappa shape index (κ3) is 7.91. The highest BCUT2D eigenvalue weighted by molar-refractivity contribution is 7.98. The van der Waals surface area contributed by atoms with Crippen LogP contribution in [-0.2, 0) is 14.8 Å². The van der Waals surface area contributed by atoms with Crippen LogP contribution in [0.25, 0.3) is 0 Å². The average Bonchev–Trinajstić information content (AvgIpc) is 2.31. The Labute approximate surface area is 113 Å². The van der Waals surface area contributed by atoms with Gasteiger partial charge in [0.25, 0.3) is 0 Å². The van der Waals surface area contributed by atoms with Crippen LogP contribution in [0.15, 0.2) is 0 Å². The average molecular weight is 298 g/mol. The van der Waals surface area contributed by atoms with Crippen molar-refractivity contribution >= 4 is 27.7 Å². The van der Waals surface area contributed by atoms with E-state index in [1.807, 2.05) is 6.26 Å². The largest absolute Gasteiger partial charge is 0.392 e. The molecule has 0 spiro atoms. The van der Waals surface area contributed by atoms with Gasteiger partial charge in [0.05, 0.1) is 11.9 Å². The Morgan fingerprint density at radius 1 is 1.44 bits per heavy atom. The molecule has 0 saturated heterocycles. The lowest BCUT2D eigenvalue weighted by Crippen LogP contribution is -2.48. The normalized spacial score (nSPS) is 15.1. The number of carbonyl (C=O) groups is 1. The van der Waals surface area contributed by atoms with Gasteiger partial charge in [-0.15, -0.1) is 0 Å². The lowest BCUT2D eigenvalue weighted by atomic mass is 10.2. The molecule has 0 heterocycles. The van der Waals surface area contributed by atoms with E-state index >= 15 is 0 Å². The second kappa shape index (κ2) is 8.73. The molecule has 0 radical (unpaired) electrons. The van der Waals surface area contributed by atoms with E-state index in [9.17, 15) is 13.2 Å². The van der Waals surface area contributed by atoms with Crippen LogP contribution in [0.1, 0.15) is 20.3 Å². The van der Waals surface area contributed by atoms with Crippen molar-refractivity contribution in [2.75, 3.05) is 24.3 Å². The minimum atomic E-state index is -3.42. The van der Waals surface area contributed by atoms with E-state index in [2.05, 4.69) is 10.0 Å². The maximum atomic E-state index is 11.8. The molecule has 0 aromatic carbocycles. The Kier molecular flexibility index (Phi) is 8.58. The van der Waals surface area contributed by atoms with Crippen molar-refractivity contribution in [3.05, 3.63) is 0 Å². The van der Waals surface area contributed by atoms with Crippen molar-refractivity contribution in [1.82, 2.24) is 10.0 Å². The fourth-order valence-corrected chi connectivity index (χ4v) is 2.45. The molecular formula is C10H22N2O4S2. The van der Waals surface area contributed by atoms with Gasteiger partial charge in [-0.2, -0.15) is 11.8 Å². The number of aliphatic hydroxyl groups excluding tert-OH is 1. The summed E-state index contributed by atoms with van der Waals surface area (Å²) < 4.78 is 25.3. The number of sulfonamides is 1. The molecule has 0 aromatic heterocycles. The Morgan fingerprint density at radius 2 is 2.06 bits per heavy atom. The fraction of sp³-hybridized carbons (Fsp3) is 0.900. The van der Waals surface area contributed by atoms with Crippen LogP contribution in [-0.4, -0.2) is 55.9 Å². The molecule has 8 heteroatoms. The van der Waals surface area contributed by atoms with E-state index in [-0.39, 0.29) is 12.3 Å². The summed E-state index contributed by atoms with van der Waals surface area (Å²) in [6, 6.07) is -0.777. The molecule has 18 heavy (non-hydrogen) atoms. The molecule has 0 rings (SSSR count). The number of thioether (sulfide) groups is 1. The number of amides is 1. The summed E-state index contributed by atoms with van der Waals surface area (Å²) in [6.45, 7) is 3.18. The van der Waals surface area contributed by atoms with Crippen molar-refractivity contribution in [2.45, 2.75) is 32.4 Å². The van der Waals surface area contributed by atoms with Gasteiger partial charge in [0.1, 0.15) is 6.04 Å². The van der Waals surface area contributed by atoms with Gasteiger partial charge in [-0.3, -0.25) is 4.79 Å². The van der Waals surface area contributed by atoms with Crippen LogP contribution in [0.3, 0.4) is 0 Å². The van der Waals surface area contributed by atoms with E-state index in [0.29, 0.717) is 12.2 Å². The molecule has 0 aliphatic rings. The second-order valence-corrected chi connectivity index (χ2v) is 6.98. The molecule has 0 aliphatic heterocycles. The van der Waals surface area contributed by atoms with Crippen molar-refractivity contribution in [1.29, 1.82) is 0 Å². The lowest BCUT2D eigenvalue weighted by molar-refractivity contribution is -0.123. The molecule has 0 saturated carbocycles. The zero-order valence-corrected chi connectivity index (χ0v) is 12.6. The van der Waals surface area contributed by atoms with E-state index < -0.39 is 28.1 Å².